The summed E-state index contributed by atoms with van der Waals surface area (Å²) in [4.78, 5) is 26.2. The third-order valence-corrected chi connectivity index (χ3v) is 4.28. The highest BCUT2D eigenvalue weighted by Gasteiger charge is 2.35. The molecule has 1 atom stereocenters. The molecular weight excluding hydrogens is 307 g/mol. The topological polar surface area (TPSA) is 49.4 Å². The van der Waals surface area contributed by atoms with Gasteiger partial charge in [0, 0.05) is 24.3 Å². The lowest BCUT2D eigenvalue weighted by atomic mass is 10.1. The van der Waals surface area contributed by atoms with E-state index in [0.717, 1.165) is 11.3 Å². The van der Waals surface area contributed by atoms with Crippen LogP contribution in [0.5, 0.6) is 0 Å². The minimum Gasteiger partial charge on any atom is -0.326 e. The summed E-state index contributed by atoms with van der Waals surface area (Å²) in [7, 11) is 0. The van der Waals surface area contributed by atoms with Gasteiger partial charge in [-0.2, -0.15) is 0 Å². The van der Waals surface area contributed by atoms with E-state index in [1.165, 1.54) is 6.07 Å². The van der Waals surface area contributed by atoms with Gasteiger partial charge in [-0.3, -0.25) is 9.59 Å². The van der Waals surface area contributed by atoms with Gasteiger partial charge in [0.05, 0.1) is 5.92 Å². The molecule has 0 aromatic heterocycles. The van der Waals surface area contributed by atoms with Crippen molar-refractivity contribution in [2.24, 2.45) is 5.92 Å². The molecule has 1 fully saturated rings. The number of amides is 2. The van der Waals surface area contributed by atoms with Gasteiger partial charge < -0.3 is 10.2 Å². The molecule has 1 N–H and O–H groups in total. The third-order valence-electron chi connectivity index (χ3n) is 4.28. The molecule has 2 aromatic carbocycles. The maximum atomic E-state index is 13.6. The number of rotatable bonds is 3. The monoisotopic (exact) mass is 326 g/mol. The van der Waals surface area contributed by atoms with Crippen molar-refractivity contribution in [3.8, 4) is 0 Å². The molecule has 1 aliphatic rings. The van der Waals surface area contributed by atoms with Gasteiger partial charge in [0.2, 0.25) is 11.8 Å². The van der Waals surface area contributed by atoms with Crippen molar-refractivity contribution in [1.82, 2.24) is 0 Å². The Morgan fingerprint density at radius 2 is 1.88 bits per heavy atom. The van der Waals surface area contributed by atoms with Crippen LogP contribution in [0.2, 0.25) is 0 Å². The number of hydrogen-bond acceptors (Lipinski definition) is 2. The summed E-state index contributed by atoms with van der Waals surface area (Å²) in [5, 5.41) is 2.70. The van der Waals surface area contributed by atoms with Crippen LogP contribution in [0.25, 0.3) is 0 Å². The molecule has 2 amide bonds. The molecule has 2 aromatic rings. The first kappa shape index (κ1) is 16.2. The standard InChI is InChI=1S/C19H19FN2O2/c1-12-3-7-16(8-4-12)22-11-14(9-18(22)23)19(24)21-15-6-5-13(2)17(20)10-15/h3-8,10,14H,9,11H2,1-2H3,(H,21,24)/t14-/m0/s1. The van der Waals surface area contributed by atoms with E-state index in [1.54, 1.807) is 24.0 Å². The van der Waals surface area contributed by atoms with Crippen molar-refractivity contribution in [3.63, 3.8) is 0 Å². The zero-order valence-corrected chi connectivity index (χ0v) is 13.7. The molecule has 0 saturated carbocycles. The third kappa shape index (κ3) is 3.30. The van der Waals surface area contributed by atoms with Crippen LogP contribution in [0.15, 0.2) is 42.5 Å². The normalized spacial score (nSPS) is 17.2. The first-order valence-corrected chi connectivity index (χ1v) is 7.88. The largest absolute Gasteiger partial charge is 0.326 e. The molecule has 124 valence electrons. The van der Waals surface area contributed by atoms with E-state index in [9.17, 15) is 14.0 Å². The zero-order chi connectivity index (χ0) is 17.3. The van der Waals surface area contributed by atoms with Gasteiger partial charge in [-0.05, 0) is 43.7 Å². The summed E-state index contributed by atoms with van der Waals surface area (Å²) in [6.45, 7) is 3.98. The predicted octanol–water partition coefficient (Wildman–Crippen LogP) is 3.43. The Kier molecular flexibility index (Phi) is 4.34. The van der Waals surface area contributed by atoms with Gasteiger partial charge in [0.15, 0.2) is 0 Å². The summed E-state index contributed by atoms with van der Waals surface area (Å²) in [5.41, 5.74) is 2.84. The van der Waals surface area contributed by atoms with Crippen molar-refractivity contribution in [1.29, 1.82) is 0 Å². The summed E-state index contributed by atoms with van der Waals surface area (Å²) in [6, 6.07) is 12.2. The van der Waals surface area contributed by atoms with Crippen LogP contribution in [-0.2, 0) is 9.59 Å². The average molecular weight is 326 g/mol. The highest BCUT2D eigenvalue weighted by molar-refractivity contribution is 6.03. The second-order valence-electron chi connectivity index (χ2n) is 6.19. The van der Waals surface area contributed by atoms with Gasteiger partial charge >= 0.3 is 0 Å². The SMILES string of the molecule is Cc1ccc(N2C[C@@H](C(=O)Nc3ccc(C)c(F)c3)CC2=O)cc1. The van der Waals surface area contributed by atoms with E-state index in [0.29, 0.717) is 17.8 Å². The molecule has 0 aliphatic carbocycles. The van der Waals surface area contributed by atoms with Gasteiger partial charge in [0.25, 0.3) is 0 Å². The fourth-order valence-electron chi connectivity index (χ4n) is 2.77. The van der Waals surface area contributed by atoms with Crippen molar-refractivity contribution in [3.05, 3.63) is 59.4 Å². The van der Waals surface area contributed by atoms with E-state index < -0.39 is 5.92 Å². The van der Waals surface area contributed by atoms with Crippen molar-refractivity contribution in [2.75, 3.05) is 16.8 Å². The van der Waals surface area contributed by atoms with Crippen LogP contribution in [0.4, 0.5) is 15.8 Å². The predicted molar refractivity (Wildman–Crippen MR) is 91.4 cm³/mol. The molecule has 1 heterocycles. The maximum Gasteiger partial charge on any atom is 0.229 e. The minimum absolute atomic E-state index is 0.0749. The van der Waals surface area contributed by atoms with Gasteiger partial charge in [0.1, 0.15) is 5.82 Å². The van der Waals surface area contributed by atoms with Gasteiger partial charge in [-0.15, -0.1) is 0 Å². The quantitative estimate of drug-likeness (QED) is 0.939. The number of nitrogens with zero attached hydrogens (tertiary/aromatic N) is 1. The number of nitrogens with one attached hydrogen (secondary N) is 1. The summed E-state index contributed by atoms with van der Waals surface area (Å²) >= 11 is 0. The fraction of sp³-hybridized carbons (Fsp3) is 0.263. The van der Waals surface area contributed by atoms with E-state index >= 15 is 0 Å². The van der Waals surface area contributed by atoms with Crippen LogP contribution >= 0.6 is 0 Å². The molecule has 1 aliphatic heterocycles. The molecule has 1 saturated heterocycles. The Balaban J connectivity index is 1.69. The van der Waals surface area contributed by atoms with Crippen molar-refractivity contribution in [2.45, 2.75) is 20.3 Å². The van der Waals surface area contributed by atoms with Crippen LogP contribution in [0.1, 0.15) is 17.5 Å². The lowest BCUT2D eigenvalue weighted by Gasteiger charge is -2.17. The molecule has 4 nitrogen and oxygen atoms in total. The average Bonchev–Trinajstić information content (AvgIpc) is 2.94. The van der Waals surface area contributed by atoms with Crippen LogP contribution in [0.3, 0.4) is 0 Å². The van der Waals surface area contributed by atoms with Crippen molar-refractivity contribution < 1.29 is 14.0 Å². The summed E-state index contributed by atoms with van der Waals surface area (Å²) in [6.07, 6.45) is 0.161. The number of carbonyl (C=O) groups is 2. The van der Waals surface area contributed by atoms with E-state index in [4.69, 9.17) is 0 Å². The molecule has 0 bridgehead atoms. The summed E-state index contributed by atoms with van der Waals surface area (Å²) in [5.74, 6) is -1.14. The molecule has 0 radical (unpaired) electrons. The second kappa shape index (κ2) is 6.43. The molecule has 3 rings (SSSR count). The zero-order valence-electron chi connectivity index (χ0n) is 13.7. The lowest BCUT2D eigenvalue weighted by Crippen LogP contribution is -2.28. The summed E-state index contributed by atoms with van der Waals surface area (Å²) < 4.78 is 13.6. The Morgan fingerprint density at radius 1 is 1.17 bits per heavy atom. The fourth-order valence-corrected chi connectivity index (χ4v) is 2.77. The number of carbonyl (C=O) groups excluding carboxylic acids is 2. The number of aryl methyl sites for hydroxylation is 2. The number of anilines is 2. The smallest absolute Gasteiger partial charge is 0.229 e. The van der Waals surface area contributed by atoms with Gasteiger partial charge in [-0.25, -0.2) is 4.39 Å². The van der Waals surface area contributed by atoms with Crippen molar-refractivity contribution >= 4 is 23.2 Å². The van der Waals surface area contributed by atoms with Crippen LogP contribution < -0.4 is 10.2 Å². The molecular formula is C19H19FN2O2. The molecule has 5 heteroatoms. The van der Waals surface area contributed by atoms with Gasteiger partial charge in [-0.1, -0.05) is 23.8 Å². The Bertz CT molecular complexity index is 786. The van der Waals surface area contributed by atoms with E-state index in [1.807, 2.05) is 31.2 Å². The first-order chi connectivity index (χ1) is 11.4. The Morgan fingerprint density at radius 3 is 2.54 bits per heavy atom. The lowest BCUT2D eigenvalue weighted by molar-refractivity contribution is -0.122. The Hall–Kier alpha value is -2.69. The number of hydrogen-bond donors (Lipinski definition) is 1. The van der Waals surface area contributed by atoms with E-state index in [2.05, 4.69) is 5.32 Å². The molecule has 24 heavy (non-hydrogen) atoms. The van der Waals surface area contributed by atoms with Crippen LogP contribution in [0, 0.1) is 25.6 Å². The van der Waals surface area contributed by atoms with Crippen LogP contribution in [-0.4, -0.2) is 18.4 Å². The highest BCUT2D eigenvalue weighted by Crippen LogP contribution is 2.26. The number of benzene rings is 2. The molecule has 0 unspecified atom stereocenters. The maximum absolute atomic E-state index is 13.6. The first-order valence-electron chi connectivity index (χ1n) is 7.88. The molecule has 0 spiro atoms. The van der Waals surface area contributed by atoms with E-state index in [-0.39, 0.29) is 24.1 Å². The Labute approximate surface area is 140 Å². The minimum atomic E-state index is -0.442. The highest BCUT2D eigenvalue weighted by atomic mass is 19.1. The number of halogens is 1. The second-order valence-corrected chi connectivity index (χ2v) is 6.19.